The summed E-state index contributed by atoms with van der Waals surface area (Å²) in [6.07, 6.45) is 3.36. The van der Waals surface area contributed by atoms with Gasteiger partial charge in [0.2, 0.25) is 0 Å². The summed E-state index contributed by atoms with van der Waals surface area (Å²) in [5.74, 6) is 0.713. The Bertz CT molecular complexity index is 989. The fraction of sp³-hybridized carbons (Fsp3) is 0.500. The number of aromatic hydroxyl groups is 1. The molecule has 28 heavy (non-hydrogen) atoms. The van der Waals surface area contributed by atoms with Crippen molar-refractivity contribution < 1.29 is 9.90 Å². The molecular formula is C22H27N3O3. The number of rotatable bonds is 1. The molecule has 1 saturated heterocycles. The largest absolute Gasteiger partial charge is 0.508 e. The molecule has 6 heteroatoms. The van der Waals surface area contributed by atoms with Gasteiger partial charge in [-0.3, -0.25) is 9.59 Å². The zero-order valence-electron chi connectivity index (χ0n) is 16.7. The van der Waals surface area contributed by atoms with Crippen molar-refractivity contribution in [2.75, 3.05) is 13.1 Å². The zero-order valence-corrected chi connectivity index (χ0v) is 16.7. The van der Waals surface area contributed by atoms with Gasteiger partial charge in [0, 0.05) is 35.0 Å². The lowest BCUT2D eigenvalue weighted by Crippen LogP contribution is -2.48. The van der Waals surface area contributed by atoms with Gasteiger partial charge < -0.3 is 15.0 Å². The van der Waals surface area contributed by atoms with E-state index in [0.29, 0.717) is 30.9 Å². The van der Waals surface area contributed by atoms with Crippen LogP contribution in [0.15, 0.2) is 29.1 Å². The van der Waals surface area contributed by atoms with E-state index in [0.717, 1.165) is 30.5 Å². The maximum absolute atomic E-state index is 13.0. The highest BCUT2D eigenvalue weighted by Crippen LogP contribution is 2.43. The van der Waals surface area contributed by atoms with Gasteiger partial charge in [-0.25, -0.2) is 4.98 Å². The quantitative estimate of drug-likeness (QED) is 0.795. The highest BCUT2D eigenvalue weighted by atomic mass is 16.3. The number of phenolic OH excluding ortho intramolecular Hbond substituents is 1. The number of carbonyl (C=O) groups is 1. The summed E-state index contributed by atoms with van der Waals surface area (Å²) in [6, 6.07) is 6.48. The second kappa shape index (κ2) is 6.47. The number of H-pyrrole nitrogens is 1. The summed E-state index contributed by atoms with van der Waals surface area (Å²) in [6.45, 7) is 7.36. The molecule has 0 saturated carbocycles. The summed E-state index contributed by atoms with van der Waals surface area (Å²) in [5.41, 5.74) is 1.61. The molecule has 1 amide bonds. The predicted octanol–water partition coefficient (Wildman–Crippen LogP) is 2.89. The minimum absolute atomic E-state index is 0.0387. The lowest BCUT2D eigenvalue weighted by atomic mass is 9.77. The minimum atomic E-state index is -0.256. The third-order valence-electron chi connectivity index (χ3n) is 6.04. The number of nitrogens with one attached hydrogen (secondary N) is 1. The van der Waals surface area contributed by atoms with E-state index in [4.69, 9.17) is 4.98 Å². The first-order chi connectivity index (χ1) is 13.2. The Balaban J connectivity index is 1.70. The van der Waals surface area contributed by atoms with E-state index in [-0.39, 0.29) is 28.0 Å². The van der Waals surface area contributed by atoms with Crippen molar-refractivity contribution in [3.05, 3.63) is 57.3 Å². The van der Waals surface area contributed by atoms with Crippen LogP contribution in [0.5, 0.6) is 5.75 Å². The van der Waals surface area contributed by atoms with Gasteiger partial charge >= 0.3 is 0 Å². The standard InChI is InChI=1S/C22H27N3O3/c1-21(2,3)20-23-17-16(18(27)24-20)8-10-22(17)9-5-11-25(13-22)19(28)14-6-4-7-15(26)12-14/h4,6-7,12,26H,5,8-11,13H2,1-3H3,(H,23,24,27). The molecule has 2 N–H and O–H groups in total. The van der Waals surface area contributed by atoms with Crippen LogP contribution >= 0.6 is 0 Å². The van der Waals surface area contributed by atoms with E-state index in [1.165, 1.54) is 6.07 Å². The van der Waals surface area contributed by atoms with E-state index >= 15 is 0 Å². The number of likely N-dealkylation sites (tertiary alicyclic amines) is 1. The van der Waals surface area contributed by atoms with Crippen molar-refractivity contribution in [2.45, 2.75) is 57.3 Å². The van der Waals surface area contributed by atoms with Crippen molar-refractivity contribution >= 4 is 5.91 Å². The highest BCUT2D eigenvalue weighted by Gasteiger charge is 2.46. The molecule has 148 valence electrons. The summed E-state index contributed by atoms with van der Waals surface area (Å²) in [5, 5.41) is 9.71. The number of hydrogen-bond acceptors (Lipinski definition) is 4. The second-order valence-electron chi connectivity index (χ2n) is 9.15. The average molecular weight is 381 g/mol. The zero-order chi connectivity index (χ0) is 20.1. The van der Waals surface area contributed by atoms with Gasteiger partial charge in [-0.05, 0) is 43.9 Å². The van der Waals surface area contributed by atoms with Crippen molar-refractivity contribution in [1.29, 1.82) is 0 Å². The molecule has 1 aliphatic heterocycles. The summed E-state index contributed by atoms with van der Waals surface area (Å²) in [4.78, 5) is 35.4. The number of hydrogen-bond donors (Lipinski definition) is 2. The molecule has 1 aliphatic carbocycles. The third-order valence-corrected chi connectivity index (χ3v) is 6.04. The van der Waals surface area contributed by atoms with Crippen LogP contribution in [0.4, 0.5) is 0 Å². The summed E-state index contributed by atoms with van der Waals surface area (Å²) < 4.78 is 0. The fourth-order valence-electron chi connectivity index (χ4n) is 4.53. The fourth-order valence-corrected chi connectivity index (χ4v) is 4.53. The molecule has 0 radical (unpaired) electrons. The molecule has 2 aliphatic rings. The smallest absolute Gasteiger partial charge is 0.254 e. The van der Waals surface area contributed by atoms with Crippen LogP contribution in [-0.4, -0.2) is 39.0 Å². The molecule has 4 rings (SSSR count). The van der Waals surface area contributed by atoms with Crippen LogP contribution in [0.25, 0.3) is 0 Å². The number of amides is 1. The lowest BCUT2D eigenvalue weighted by Gasteiger charge is -2.40. The maximum atomic E-state index is 13.0. The Kier molecular flexibility index (Phi) is 4.32. The van der Waals surface area contributed by atoms with E-state index in [9.17, 15) is 14.7 Å². The van der Waals surface area contributed by atoms with Crippen molar-refractivity contribution in [3.8, 4) is 5.75 Å². The number of benzene rings is 1. The number of carbonyl (C=O) groups excluding carboxylic acids is 1. The SMILES string of the molecule is CC(C)(C)c1nc2c(c(=O)[nH]1)CCC21CCCN(C(=O)c2cccc(O)c2)C1. The van der Waals surface area contributed by atoms with Crippen LogP contribution in [-0.2, 0) is 17.3 Å². The van der Waals surface area contributed by atoms with Crippen LogP contribution in [0.3, 0.4) is 0 Å². The average Bonchev–Trinajstić information content (AvgIpc) is 2.99. The molecule has 1 spiro atoms. The van der Waals surface area contributed by atoms with Crippen molar-refractivity contribution in [1.82, 2.24) is 14.9 Å². The summed E-state index contributed by atoms with van der Waals surface area (Å²) >= 11 is 0. The molecule has 6 nitrogen and oxygen atoms in total. The molecule has 1 atom stereocenters. The Hall–Kier alpha value is -2.63. The van der Waals surface area contributed by atoms with Crippen LogP contribution in [0, 0.1) is 0 Å². The van der Waals surface area contributed by atoms with Gasteiger partial charge in [0.05, 0.1) is 5.69 Å². The normalized spacial score (nSPS) is 21.8. The Labute approximate surface area is 164 Å². The van der Waals surface area contributed by atoms with Gasteiger partial charge in [0.1, 0.15) is 11.6 Å². The van der Waals surface area contributed by atoms with E-state index in [2.05, 4.69) is 4.98 Å². The lowest BCUT2D eigenvalue weighted by molar-refractivity contribution is 0.0632. The topological polar surface area (TPSA) is 86.3 Å². The molecule has 1 aromatic heterocycles. The monoisotopic (exact) mass is 381 g/mol. The van der Waals surface area contributed by atoms with Gasteiger partial charge in [0.25, 0.3) is 11.5 Å². The Morgan fingerprint density at radius 2 is 2.07 bits per heavy atom. The van der Waals surface area contributed by atoms with Gasteiger partial charge in [0.15, 0.2) is 0 Å². The van der Waals surface area contributed by atoms with Gasteiger partial charge in [-0.2, -0.15) is 0 Å². The first kappa shape index (κ1) is 18.7. The predicted molar refractivity (Wildman–Crippen MR) is 107 cm³/mol. The minimum Gasteiger partial charge on any atom is -0.508 e. The summed E-state index contributed by atoms with van der Waals surface area (Å²) in [7, 11) is 0. The first-order valence-corrected chi connectivity index (χ1v) is 9.92. The van der Waals surface area contributed by atoms with Crippen molar-refractivity contribution in [2.24, 2.45) is 0 Å². The molecular weight excluding hydrogens is 354 g/mol. The first-order valence-electron chi connectivity index (χ1n) is 9.92. The molecule has 1 aromatic carbocycles. The highest BCUT2D eigenvalue weighted by molar-refractivity contribution is 5.94. The van der Waals surface area contributed by atoms with Gasteiger partial charge in [-0.1, -0.05) is 26.8 Å². The number of phenols is 1. The number of nitrogens with zero attached hydrogens (tertiary/aromatic N) is 2. The van der Waals surface area contributed by atoms with Crippen LogP contribution in [0.1, 0.15) is 67.5 Å². The molecule has 1 fully saturated rings. The number of aromatic nitrogens is 2. The van der Waals surface area contributed by atoms with E-state index in [1.807, 2.05) is 25.7 Å². The van der Waals surface area contributed by atoms with E-state index < -0.39 is 0 Å². The van der Waals surface area contributed by atoms with Gasteiger partial charge in [-0.15, -0.1) is 0 Å². The number of piperidine rings is 1. The number of aromatic amines is 1. The maximum Gasteiger partial charge on any atom is 0.254 e. The molecule has 0 bridgehead atoms. The molecule has 2 aromatic rings. The second-order valence-corrected chi connectivity index (χ2v) is 9.15. The number of fused-ring (bicyclic) bond motifs is 2. The molecule has 2 heterocycles. The van der Waals surface area contributed by atoms with Crippen molar-refractivity contribution in [3.63, 3.8) is 0 Å². The third kappa shape index (κ3) is 3.11. The Morgan fingerprint density at radius 1 is 1.29 bits per heavy atom. The van der Waals surface area contributed by atoms with Crippen LogP contribution < -0.4 is 5.56 Å². The van der Waals surface area contributed by atoms with Crippen LogP contribution in [0.2, 0.25) is 0 Å². The molecule has 1 unspecified atom stereocenters. The Morgan fingerprint density at radius 3 is 2.79 bits per heavy atom. The van der Waals surface area contributed by atoms with E-state index in [1.54, 1.807) is 18.2 Å².